The number of nitrogens with zero attached hydrogens (tertiary/aromatic N) is 4. The van der Waals surface area contributed by atoms with E-state index in [1.54, 1.807) is 13.1 Å². The Balaban J connectivity index is 2.49. The molecule has 0 aliphatic rings. The number of pyridine rings is 1. The van der Waals surface area contributed by atoms with Crippen LogP contribution >= 0.6 is 0 Å². The van der Waals surface area contributed by atoms with Crippen LogP contribution in [0.25, 0.3) is 5.69 Å². The molecule has 0 fully saturated rings. The van der Waals surface area contributed by atoms with E-state index in [0.717, 1.165) is 0 Å². The number of hydrogen-bond donors (Lipinski definition) is 0. The van der Waals surface area contributed by atoms with Crippen molar-refractivity contribution in [2.24, 2.45) is 0 Å². The maximum atomic E-state index is 13.0. The molecule has 0 saturated heterocycles. The van der Waals surface area contributed by atoms with E-state index < -0.39 is 0 Å². The van der Waals surface area contributed by atoms with E-state index >= 15 is 0 Å². The van der Waals surface area contributed by atoms with E-state index in [1.807, 2.05) is 0 Å². The molecule has 0 aliphatic heterocycles. The molecule has 0 unspecified atom stereocenters. The zero-order chi connectivity index (χ0) is 9.26. The van der Waals surface area contributed by atoms with Crippen LogP contribution in [0.15, 0.2) is 24.9 Å². The van der Waals surface area contributed by atoms with Crippen LogP contribution in [0.3, 0.4) is 0 Å². The van der Waals surface area contributed by atoms with Crippen LogP contribution in [-0.4, -0.2) is 19.7 Å². The van der Waals surface area contributed by atoms with Crippen molar-refractivity contribution in [3.8, 4) is 5.69 Å². The maximum absolute atomic E-state index is 13.0. The number of aryl methyl sites for hydroxylation is 1. The van der Waals surface area contributed by atoms with Crippen molar-refractivity contribution in [3.05, 3.63) is 36.4 Å². The Morgan fingerprint density at radius 3 is 2.92 bits per heavy atom. The van der Waals surface area contributed by atoms with Gasteiger partial charge < -0.3 is 0 Å². The van der Waals surface area contributed by atoms with Crippen molar-refractivity contribution >= 4 is 0 Å². The highest BCUT2D eigenvalue weighted by Gasteiger charge is 2.02. The lowest BCUT2D eigenvalue weighted by molar-refractivity contribution is 0.607. The van der Waals surface area contributed by atoms with Gasteiger partial charge in [-0.3, -0.25) is 4.98 Å². The van der Waals surface area contributed by atoms with Gasteiger partial charge >= 0.3 is 0 Å². The maximum Gasteiger partial charge on any atom is 0.146 e. The van der Waals surface area contributed by atoms with Gasteiger partial charge in [0.25, 0.3) is 0 Å². The van der Waals surface area contributed by atoms with Gasteiger partial charge in [-0.2, -0.15) is 5.10 Å². The molecule has 66 valence electrons. The van der Waals surface area contributed by atoms with Crippen LogP contribution in [0.4, 0.5) is 4.39 Å². The molecule has 0 bridgehead atoms. The Hall–Kier alpha value is -1.78. The fraction of sp³-hybridized carbons (Fsp3) is 0.125. The molecule has 0 amide bonds. The lowest BCUT2D eigenvalue weighted by Crippen LogP contribution is -1.97. The first-order valence-corrected chi connectivity index (χ1v) is 3.74. The summed E-state index contributed by atoms with van der Waals surface area (Å²) < 4.78 is 14.5. The minimum Gasteiger partial charge on any atom is -0.256 e. The molecule has 0 spiro atoms. The summed E-state index contributed by atoms with van der Waals surface area (Å²) in [7, 11) is 0. The third kappa shape index (κ3) is 1.40. The highest BCUT2D eigenvalue weighted by atomic mass is 19.1. The van der Waals surface area contributed by atoms with Crippen molar-refractivity contribution in [2.75, 3.05) is 0 Å². The second kappa shape index (κ2) is 2.93. The summed E-state index contributed by atoms with van der Waals surface area (Å²) in [5.41, 5.74) is 0.949. The second-order valence-electron chi connectivity index (χ2n) is 2.60. The summed E-state index contributed by atoms with van der Waals surface area (Å²) in [4.78, 5) is 7.62. The van der Waals surface area contributed by atoms with Crippen molar-refractivity contribution in [1.29, 1.82) is 0 Å². The van der Waals surface area contributed by atoms with E-state index in [-0.39, 0.29) is 5.82 Å². The number of hydrogen-bond acceptors (Lipinski definition) is 3. The van der Waals surface area contributed by atoms with E-state index in [2.05, 4.69) is 15.1 Å². The highest BCUT2D eigenvalue weighted by molar-refractivity contribution is 5.28. The Bertz CT molecular complexity index is 410. The molecular weight excluding hydrogens is 171 g/mol. The monoisotopic (exact) mass is 178 g/mol. The van der Waals surface area contributed by atoms with E-state index in [1.165, 1.54) is 23.4 Å². The third-order valence-corrected chi connectivity index (χ3v) is 1.69. The summed E-state index contributed by atoms with van der Waals surface area (Å²) in [6.07, 6.45) is 4.43. The molecule has 4 nitrogen and oxygen atoms in total. The SMILES string of the molecule is Cc1ncc(-n2cncn2)cc1F. The van der Waals surface area contributed by atoms with Gasteiger partial charge in [0.2, 0.25) is 0 Å². The molecule has 0 aliphatic carbocycles. The van der Waals surface area contributed by atoms with E-state index in [0.29, 0.717) is 11.4 Å². The predicted octanol–water partition coefficient (Wildman–Crippen LogP) is 1.11. The highest BCUT2D eigenvalue weighted by Crippen LogP contribution is 2.08. The molecule has 0 N–H and O–H groups in total. The van der Waals surface area contributed by atoms with Crippen LogP contribution in [0, 0.1) is 12.7 Å². The first kappa shape index (κ1) is 7.85. The predicted molar refractivity (Wildman–Crippen MR) is 43.8 cm³/mol. The zero-order valence-electron chi connectivity index (χ0n) is 6.98. The van der Waals surface area contributed by atoms with Gasteiger partial charge in [-0.25, -0.2) is 14.1 Å². The minimum absolute atomic E-state index is 0.340. The first-order chi connectivity index (χ1) is 6.27. The minimum atomic E-state index is -0.340. The standard InChI is InChI=1S/C8H7FN4/c1-6-8(9)2-7(3-11-6)13-5-10-4-12-13/h2-5H,1H3. The first-order valence-electron chi connectivity index (χ1n) is 3.74. The van der Waals surface area contributed by atoms with Gasteiger partial charge in [-0.05, 0) is 6.92 Å². The normalized spacial score (nSPS) is 10.3. The molecule has 0 atom stereocenters. The summed E-state index contributed by atoms with van der Waals surface area (Å²) >= 11 is 0. The Labute approximate surface area is 74.1 Å². The van der Waals surface area contributed by atoms with Crippen molar-refractivity contribution in [1.82, 2.24) is 19.7 Å². The van der Waals surface area contributed by atoms with Gasteiger partial charge in [0, 0.05) is 6.07 Å². The summed E-state index contributed by atoms with van der Waals surface area (Å²) in [6, 6.07) is 1.37. The third-order valence-electron chi connectivity index (χ3n) is 1.69. The quantitative estimate of drug-likeness (QED) is 0.657. The average molecular weight is 178 g/mol. The second-order valence-corrected chi connectivity index (χ2v) is 2.60. The number of aromatic nitrogens is 4. The molecule has 5 heteroatoms. The Kier molecular flexibility index (Phi) is 1.77. The van der Waals surface area contributed by atoms with Gasteiger partial charge in [-0.15, -0.1) is 0 Å². The summed E-state index contributed by atoms with van der Waals surface area (Å²) in [5.74, 6) is -0.340. The lowest BCUT2D eigenvalue weighted by Gasteiger charge is -2.00. The Morgan fingerprint density at radius 2 is 2.31 bits per heavy atom. The van der Waals surface area contributed by atoms with Crippen LogP contribution in [0.5, 0.6) is 0 Å². The van der Waals surface area contributed by atoms with Crippen molar-refractivity contribution < 1.29 is 4.39 Å². The lowest BCUT2D eigenvalue weighted by atomic mass is 10.3. The molecule has 2 rings (SSSR count). The number of halogens is 1. The molecule has 2 aromatic rings. The Morgan fingerprint density at radius 1 is 1.46 bits per heavy atom. The van der Waals surface area contributed by atoms with Crippen LogP contribution < -0.4 is 0 Å². The molecule has 2 heterocycles. The summed E-state index contributed by atoms with van der Waals surface area (Å²) in [6.45, 7) is 1.61. The fourth-order valence-electron chi connectivity index (χ4n) is 0.963. The average Bonchev–Trinajstić information content (AvgIpc) is 2.62. The largest absolute Gasteiger partial charge is 0.256 e. The van der Waals surface area contributed by atoms with E-state index in [4.69, 9.17) is 0 Å². The van der Waals surface area contributed by atoms with Gasteiger partial charge in [-0.1, -0.05) is 0 Å². The van der Waals surface area contributed by atoms with Gasteiger partial charge in [0.15, 0.2) is 0 Å². The summed E-state index contributed by atoms with van der Waals surface area (Å²) in [5, 5.41) is 3.86. The molecule has 2 aromatic heterocycles. The smallest absolute Gasteiger partial charge is 0.146 e. The zero-order valence-corrected chi connectivity index (χ0v) is 6.98. The topological polar surface area (TPSA) is 43.6 Å². The molecule has 0 radical (unpaired) electrons. The molecular formula is C8H7FN4. The van der Waals surface area contributed by atoms with Crippen LogP contribution in [0.2, 0.25) is 0 Å². The molecule has 0 aromatic carbocycles. The van der Waals surface area contributed by atoms with E-state index in [9.17, 15) is 4.39 Å². The van der Waals surface area contributed by atoms with Crippen molar-refractivity contribution in [2.45, 2.75) is 6.92 Å². The molecule has 13 heavy (non-hydrogen) atoms. The fourth-order valence-corrected chi connectivity index (χ4v) is 0.963. The molecule has 0 saturated carbocycles. The number of rotatable bonds is 1. The van der Waals surface area contributed by atoms with Gasteiger partial charge in [0.05, 0.1) is 17.6 Å². The van der Waals surface area contributed by atoms with Gasteiger partial charge in [0.1, 0.15) is 18.5 Å². The van der Waals surface area contributed by atoms with Crippen molar-refractivity contribution in [3.63, 3.8) is 0 Å². The van der Waals surface area contributed by atoms with Crippen LogP contribution in [0.1, 0.15) is 5.69 Å². The van der Waals surface area contributed by atoms with Crippen LogP contribution in [-0.2, 0) is 0 Å².